The molecule has 19 heavy (non-hydrogen) atoms. The lowest BCUT2D eigenvalue weighted by Gasteiger charge is -2.27. The Balaban J connectivity index is 2.18. The van der Waals surface area contributed by atoms with E-state index in [1.165, 1.54) is 5.56 Å². The van der Waals surface area contributed by atoms with Crippen molar-refractivity contribution in [1.29, 1.82) is 0 Å². The SMILES string of the molecule is COc1ccc(CC2(CO)CCN(C)C2)cc1OC. The van der Waals surface area contributed by atoms with Gasteiger partial charge in [0.2, 0.25) is 0 Å². The third-order valence-corrected chi connectivity index (χ3v) is 3.99. The van der Waals surface area contributed by atoms with E-state index >= 15 is 0 Å². The van der Waals surface area contributed by atoms with E-state index in [4.69, 9.17) is 9.47 Å². The van der Waals surface area contributed by atoms with Crippen molar-refractivity contribution in [1.82, 2.24) is 4.90 Å². The first-order chi connectivity index (χ1) is 9.12. The van der Waals surface area contributed by atoms with Gasteiger partial charge in [-0.3, -0.25) is 0 Å². The molecule has 1 aliphatic heterocycles. The van der Waals surface area contributed by atoms with Crippen LogP contribution in [0, 0.1) is 5.41 Å². The maximum Gasteiger partial charge on any atom is 0.160 e. The zero-order valence-corrected chi connectivity index (χ0v) is 12.0. The molecule has 1 aromatic rings. The van der Waals surface area contributed by atoms with Gasteiger partial charge in [-0.2, -0.15) is 0 Å². The molecule has 0 spiro atoms. The molecule has 0 amide bonds. The van der Waals surface area contributed by atoms with Gasteiger partial charge in [-0.05, 0) is 44.1 Å². The van der Waals surface area contributed by atoms with Gasteiger partial charge in [0.15, 0.2) is 11.5 Å². The van der Waals surface area contributed by atoms with E-state index in [2.05, 4.69) is 18.0 Å². The Hall–Kier alpha value is -1.26. The van der Waals surface area contributed by atoms with Crippen molar-refractivity contribution in [3.05, 3.63) is 23.8 Å². The van der Waals surface area contributed by atoms with Crippen LogP contribution in [-0.4, -0.2) is 51.0 Å². The highest BCUT2D eigenvalue weighted by atomic mass is 16.5. The predicted octanol–water partition coefficient (Wildman–Crippen LogP) is 1.56. The second-order valence-corrected chi connectivity index (χ2v) is 5.51. The molecule has 0 aromatic heterocycles. The number of aliphatic hydroxyl groups is 1. The molecule has 0 bridgehead atoms. The van der Waals surface area contributed by atoms with Gasteiger partial charge < -0.3 is 19.5 Å². The van der Waals surface area contributed by atoms with Gasteiger partial charge in [0.05, 0.1) is 20.8 Å². The molecule has 1 N–H and O–H groups in total. The molecular weight excluding hydrogens is 242 g/mol. The highest BCUT2D eigenvalue weighted by Crippen LogP contribution is 2.35. The summed E-state index contributed by atoms with van der Waals surface area (Å²) < 4.78 is 10.6. The van der Waals surface area contributed by atoms with E-state index in [1.807, 2.05) is 12.1 Å². The first-order valence-electron chi connectivity index (χ1n) is 6.63. The molecule has 106 valence electrons. The summed E-state index contributed by atoms with van der Waals surface area (Å²) in [5, 5.41) is 9.74. The number of rotatable bonds is 5. The molecule has 0 aliphatic carbocycles. The van der Waals surface area contributed by atoms with Gasteiger partial charge in [-0.25, -0.2) is 0 Å². The molecule has 1 aliphatic rings. The second kappa shape index (κ2) is 5.80. The number of aliphatic hydroxyl groups excluding tert-OH is 1. The van der Waals surface area contributed by atoms with Crippen molar-refractivity contribution in [2.24, 2.45) is 5.41 Å². The average molecular weight is 265 g/mol. The highest BCUT2D eigenvalue weighted by Gasteiger charge is 2.36. The van der Waals surface area contributed by atoms with Gasteiger partial charge in [0.1, 0.15) is 0 Å². The number of nitrogens with zero attached hydrogens (tertiary/aromatic N) is 1. The Morgan fingerprint density at radius 3 is 2.53 bits per heavy atom. The Morgan fingerprint density at radius 2 is 2.00 bits per heavy atom. The number of likely N-dealkylation sites (tertiary alicyclic amines) is 1. The molecule has 1 atom stereocenters. The molecule has 0 radical (unpaired) electrons. The fraction of sp³-hybridized carbons (Fsp3) is 0.600. The normalized spacial score (nSPS) is 23.6. The lowest BCUT2D eigenvalue weighted by atomic mass is 9.81. The maximum absolute atomic E-state index is 9.74. The van der Waals surface area contributed by atoms with Crippen LogP contribution in [0.2, 0.25) is 0 Å². The fourth-order valence-electron chi connectivity index (χ4n) is 2.91. The number of hydrogen-bond acceptors (Lipinski definition) is 4. The minimum Gasteiger partial charge on any atom is -0.493 e. The standard InChI is InChI=1S/C15H23NO3/c1-16-7-6-15(10-16,11-17)9-12-4-5-13(18-2)14(8-12)19-3/h4-5,8,17H,6-7,9-11H2,1-3H3. The Bertz CT molecular complexity index is 435. The average Bonchev–Trinajstić information content (AvgIpc) is 2.80. The van der Waals surface area contributed by atoms with Crippen LogP contribution in [0.1, 0.15) is 12.0 Å². The predicted molar refractivity (Wildman–Crippen MR) is 74.9 cm³/mol. The van der Waals surface area contributed by atoms with Crippen LogP contribution in [0.5, 0.6) is 11.5 Å². The van der Waals surface area contributed by atoms with Crippen molar-refractivity contribution in [2.75, 3.05) is 41.0 Å². The zero-order valence-electron chi connectivity index (χ0n) is 12.0. The van der Waals surface area contributed by atoms with Crippen molar-refractivity contribution in [2.45, 2.75) is 12.8 Å². The summed E-state index contributed by atoms with van der Waals surface area (Å²) in [4.78, 5) is 2.27. The van der Waals surface area contributed by atoms with Gasteiger partial charge in [0.25, 0.3) is 0 Å². The van der Waals surface area contributed by atoms with Crippen LogP contribution in [0.15, 0.2) is 18.2 Å². The number of benzene rings is 1. The van der Waals surface area contributed by atoms with Gasteiger partial charge in [0, 0.05) is 12.0 Å². The number of methoxy groups -OCH3 is 2. The summed E-state index contributed by atoms with van der Waals surface area (Å²) in [6.45, 7) is 2.22. The van der Waals surface area contributed by atoms with E-state index in [1.54, 1.807) is 14.2 Å². The molecule has 0 saturated carbocycles. The van der Waals surface area contributed by atoms with E-state index in [9.17, 15) is 5.11 Å². The number of ether oxygens (including phenoxy) is 2. The van der Waals surface area contributed by atoms with Crippen LogP contribution in [0.4, 0.5) is 0 Å². The van der Waals surface area contributed by atoms with E-state index in [0.717, 1.165) is 37.4 Å². The van der Waals surface area contributed by atoms with Crippen molar-refractivity contribution in [3.8, 4) is 11.5 Å². The summed E-state index contributed by atoms with van der Waals surface area (Å²) in [5.41, 5.74) is 1.16. The third kappa shape index (κ3) is 3.01. The monoisotopic (exact) mass is 265 g/mol. The number of hydrogen-bond donors (Lipinski definition) is 1. The summed E-state index contributed by atoms with van der Waals surface area (Å²) in [5.74, 6) is 1.49. The van der Waals surface area contributed by atoms with Crippen LogP contribution in [0.3, 0.4) is 0 Å². The molecule has 1 heterocycles. The first-order valence-corrected chi connectivity index (χ1v) is 6.63. The Morgan fingerprint density at radius 1 is 1.26 bits per heavy atom. The van der Waals surface area contributed by atoms with Crippen LogP contribution < -0.4 is 9.47 Å². The largest absolute Gasteiger partial charge is 0.493 e. The molecule has 1 fully saturated rings. The van der Waals surface area contributed by atoms with E-state index in [-0.39, 0.29) is 12.0 Å². The Labute approximate surface area is 114 Å². The van der Waals surface area contributed by atoms with Gasteiger partial charge in [-0.1, -0.05) is 6.07 Å². The summed E-state index contributed by atoms with van der Waals surface area (Å²) in [6.07, 6.45) is 1.91. The third-order valence-electron chi connectivity index (χ3n) is 3.99. The van der Waals surface area contributed by atoms with Crippen LogP contribution in [0.25, 0.3) is 0 Å². The second-order valence-electron chi connectivity index (χ2n) is 5.51. The summed E-state index contributed by atoms with van der Waals surface area (Å²) in [7, 11) is 5.39. The highest BCUT2D eigenvalue weighted by molar-refractivity contribution is 5.43. The minimum atomic E-state index is -0.0195. The molecule has 4 nitrogen and oxygen atoms in total. The van der Waals surface area contributed by atoms with Crippen molar-refractivity contribution >= 4 is 0 Å². The van der Waals surface area contributed by atoms with Gasteiger partial charge >= 0.3 is 0 Å². The lowest BCUT2D eigenvalue weighted by Crippen LogP contribution is -2.31. The maximum atomic E-state index is 9.74. The molecule has 4 heteroatoms. The molecule has 1 unspecified atom stereocenters. The topological polar surface area (TPSA) is 41.9 Å². The van der Waals surface area contributed by atoms with Crippen LogP contribution in [-0.2, 0) is 6.42 Å². The summed E-state index contributed by atoms with van der Waals surface area (Å²) in [6, 6.07) is 5.99. The Kier molecular flexibility index (Phi) is 4.32. The zero-order chi connectivity index (χ0) is 13.9. The minimum absolute atomic E-state index is 0.0195. The van der Waals surface area contributed by atoms with E-state index < -0.39 is 0 Å². The quantitative estimate of drug-likeness (QED) is 0.877. The summed E-state index contributed by atoms with van der Waals surface area (Å²) >= 11 is 0. The lowest BCUT2D eigenvalue weighted by molar-refractivity contribution is 0.132. The van der Waals surface area contributed by atoms with Gasteiger partial charge in [-0.15, -0.1) is 0 Å². The molecule has 2 rings (SSSR count). The smallest absolute Gasteiger partial charge is 0.160 e. The molecular formula is C15H23NO3. The van der Waals surface area contributed by atoms with Crippen LogP contribution >= 0.6 is 0 Å². The molecule has 1 saturated heterocycles. The van der Waals surface area contributed by atoms with E-state index in [0.29, 0.717) is 0 Å². The van der Waals surface area contributed by atoms with Crippen molar-refractivity contribution < 1.29 is 14.6 Å². The van der Waals surface area contributed by atoms with Crippen molar-refractivity contribution in [3.63, 3.8) is 0 Å². The first kappa shape index (κ1) is 14.2. The molecule has 1 aromatic carbocycles. The fourth-order valence-corrected chi connectivity index (χ4v) is 2.91.